The molecule has 0 bridgehead atoms. The Hall–Kier alpha value is -6.65. The van der Waals surface area contributed by atoms with E-state index in [0.29, 0.717) is 60.5 Å². The van der Waals surface area contributed by atoms with Crippen molar-refractivity contribution in [3.05, 3.63) is 177 Å². The molecular formula is C60H67N5O8S2. The van der Waals surface area contributed by atoms with Gasteiger partial charge in [0.05, 0.1) is 33.7 Å². The molecule has 5 N–H and O–H groups in total. The number of sulfonamides is 2. The number of hydrogen-bond donors (Lipinski definition) is 4. The molecule has 0 aliphatic carbocycles. The van der Waals surface area contributed by atoms with Gasteiger partial charge in [-0.25, -0.2) is 16.8 Å². The second-order valence-corrected chi connectivity index (χ2v) is 24.6. The molecule has 1 fully saturated rings. The van der Waals surface area contributed by atoms with Crippen LogP contribution in [0.4, 0.5) is 22.7 Å². The number of benzene rings is 6. The lowest BCUT2D eigenvalue weighted by Crippen LogP contribution is -2.32. The van der Waals surface area contributed by atoms with Gasteiger partial charge >= 0.3 is 0 Å². The van der Waals surface area contributed by atoms with Gasteiger partial charge in [0.1, 0.15) is 0 Å². The third-order valence-electron chi connectivity index (χ3n) is 15.7. The summed E-state index contributed by atoms with van der Waals surface area (Å²) in [5.74, 6) is -0.325. The molecule has 392 valence electrons. The Morgan fingerprint density at radius 3 is 2.03 bits per heavy atom. The Morgan fingerprint density at radius 2 is 1.37 bits per heavy atom. The number of rotatable bonds is 18. The van der Waals surface area contributed by atoms with Crippen LogP contribution in [0, 0.1) is 30.6 Å². The van der Waals surface area contributed by atoms with Gasteiger partial charge in [0, 0.05) is 70.7 Å². The maximum Gasteiger partial charge on any atom is 0.264 e. The lowest BCUT2D eigenvalue weighted by molar-refractivity contribution is 0.0827. The van der Waals surface area contributed by atoms with Crippen molar-refractivity contribution in [2.24, 2.45) is 29.4 Å². The normalized spacial score (nSPS) is 20.4. The number of nitrogens with zero attached hydrogens (tertiary/aromatic N) is 1. The molecule has 0 amide bonds. The lowest BCUT2D eigenvalue weighted by atomic mass is 9.74. The Morgan fingerprint density at radius 1 is 0.747 bits per heavy atom. The van der Waals surface area contributed by atoms with Crippen LogP contribution in [-0.2, 0) is 31.2 Å². The molecular weight excluding hydrogens is 983 g/mol. The van der Waals surface area contributed by atoms with E-state index in [1.165, 1.54) is 17.3 Å². The van der Waals surface area contributed by atoms with Crippen molar-refractivity contribution in [2.45, 2.75) is 101 Å². The molecule has 6 aromatic carbocycles. The highest BCUT2D eigenvalue weighted by Crippen LogP contribution is 2.51. The highest BCUT2D eigenvalue weighted by atomic mass is 32.2. The van der Waals surface area contributed by atoms with E-state index < -0.39 is 20.0 Å². The highest BCUT2D eigenvalue weighted by molar-refractivity contribution is 7.93. The molecule has 3 aliphatic rings. The molecule has 9 rings (SSSR count). The Kier molecular flexibility index (Phi) is 15.3. The molecule has 0 spiro atoms. The SMILES string of the molecule is CC(=O)c1cccc(NS(=O)(=O)c2ccc3c(c2)C(C)C(CCN)C(c2ccc(C(=O)C(C)CCc4ccc(N(C)S(=O)(=O)c5ccc6c(c5)[C@H]5OCC[C@H]5[C@@H](c5ccc(C(=O)C(C)C)cc5)N6)cc4C)cc2)N3)c1. The largest absolute Gasteiger partial charge is 0.378 e. The number of ether oxygens (including phenoxy) is 1. The van der Waals surface area contributed by atoms with E-state index in [1.54, 1.807) is 55.6 Å². The Bertz CT molecular complexity index is 3380. The Labute approximate surface area is 441 Å². The fourth-order valence-electron chi connectivity index (χ4n) is 11.2. The van der Waals surface area contributed by atoms with E-state index >= 15 is 0 Å². The number of Topliss-reactive ketones (excluding diaryl/α,β-unsaturated/α-hetero) is 3. The van der Waals surface area contributed by atoms with Gasteiger partial charge in [-0.05, 0) is 146 Å². The zero-order chi connectivity index (χ0) is 53.5. The molecule has 0 radical (unpaired) electrons. The quantitative estimate of drug-likeness (QED) is 0.0598. The van der Waals surface area contributed by atoms with E-state index in [-0.39, 0.29) is 74.9 Å². The van der Waals surface area contributed by atoms with Gasteiger partial charge < -0.3 is 21.1 Å². The van der Waals surface area contributed by atoms with Gasteiger partial charge in [0.15, 0.2) is 17.3 Å². The minimum Gasteiger partial charge on any atom is -0.378 e. The molecule has 7 atom stereocenters. The first-order chi connectivity index (χ1) is 35.7. The van der Waals surface area contributed by atoms with Crippen molar-refractivity contribution in [1.29, 1.82) is 0 Å². The molecule has 1 saturated heterocycles. The zero-order valence-corrected chi connectivity index (χ0v) is 45.2. The number of anilines is 4. The standard InChI is InChI=1S/C60H67N5O8S2/c1-35(2)58(67)43-17-13-42(14-18-43)57-51-28-30-73-60(51)53-34-49(24-26-55(53)63-57)75(71,72)65(7)47-22-21-40(37(4)31-47)12-11-36(3)59(68)44-19-15-41(16-20-44)56-50(27-29-61)38(5)52-33-48(23-25-54(52)62-56)74(69,70)64-46-10-8-9-45(32-46)39(6)66/h8-10,13-26,31-36,38,50-51,56-57,60,62-64H,11-12,27-30,61H2,1-7H3/t36?,38?,50?,51-,56?,57+,60-/m0/s1. The molecule has 4 unspecified atom stereocenters. The maximum absolute atomic E-state index is 14.2. The van der Waals surface area contributed by atoms with Gasteiger partial charge in [-0.2, -0.15) is 0 Å². The van der Waals surface area contributed by atoms with E-state index in [2.05, 4.69) is 22.3 Å². The van der Waals surface area contributed by atoms with Crippen LogP contribution in [0.15, 0.2) is 137 Å². The number of ketones is 3. The fraction of sp³-hybridized carbons (Fsp3) is 0.350. The molecule has 75 heavy (non-hydrogen) atoms. The first kappa shape index (κ1) is 53.2. The van der Waals surface area contributed by atoms with Crippen molar-refractivity contribution in [2.75, 3.05) is 39.9 Å². The number of nitrogens with one attached hydrogen (secondary N) is 3. The molecule has 0 aromatic heterocycles. The summed E-state index contributed by atoms with van der Waals surface area (Å²) in [5, 5.41) is 7.32. The number of aryl methyl sites for hydroxylation is 2. The first-order valence-corrected chi connectivity index (χ1v) is 28.8. The number of carbonyl (C=O) groups excluding carboxylic acids is 3. The van der Waals surface area contributed by atoms with Crippen molar-refractivity contribution in [3.63, 3.8) is 0 Å². The number of fused-ring (bicyclic) bond motifs is 4. The highest BCUT2D eigenvalue weighted by Gasteiger charge is 2.42. The van der Waals surface area contributed by atoms with Crippen molar-refractivity contribution < 1.29 is 36.0 Å². The zero-order valence-electron chi connectivity index (χ0n) is 43.6. The van der Waals surface area contributed by atoms with E-state index in [4.69, 9.17) is 10.5 Å². The molecule has 13 nitrogen and oxygen atoms in total. The summed E-state index contributed by atoms with van der Waals surface area (Å²) in [4.78, 5) is 38.7. The first-order valence-electron chi connectivity index (χ1n) is 25.9. The summed E-state index contributed by atoms with van der Waals surface area (Å²) in [6.07, 6.45) is 2.44. The lowest BCUT2D eigenvalue weighted by Gasteiger charge is -2.40. The second kappa shape index (κ2) is 21.5. The van der Waals surface area contributed by atoms with Gasteiger partial charge in [0.2, 0.25) is 0 Å². The van der Waals surface area contributed by atoms with Crippen LogP contribution in [0.3, 0.4) is 0 Å². The van der Waals surface area contributed by atoms with Crippen molar-refractivity contribution >= 4 is 60.1 Å². The molecule has 3 aliphatic heterocycles. The van der Waals surface area contributed by atoms with Gasteiger partial charge in [-0.3, -0.25) is 23.4 Å². The van der Waals surface area contributed by atoms with E-state index in [9.17, 15) is 31.2 Å². The fourth-order valence-corrected chi connectivity index (χ4v) is 13.5. The minimum absolute atomic E-state index is 0.0287. The third kappa shape index (κ3) is 10.8. The summed E-state index contributed by atoms with van der Waals surface area (Å²) in [6.45, 7) is 12.2. The Balaban J connectivity index is 0.829. The monoisotopic (exact) mass is 1050 g/mol. The van der Waals surface area contributed by atoms with Crippen LogP contribution in [0.2, 0.25) is 0 Å². The van der Waals surface area contributed by atoms with Crippen LogP contribution in [0.25, 0.3) is 0 Å². The van der Waals surface area contributed by atoms with Crippen LogP contribution in [0.5, 0.6) is 0 Å². The number of hydrogen-bond acceptors (Lipinski definition) is 11. The van der Waals surface area contributed by atoms with Crippen LogP contribution in [-0.4, -0.2) is 54.4 Å². The molecule has 3 heterocycles. The van der Waals surface area contributed by atoms with E-state index in [0.717, 1.165) is 51.2 Å². The predicted octanol–water partition coefficient (Wildman–Crippen LogP) is 11.6. The maximum atomic E-state index is 14.2. The van der Waals surface area contributed by atoms with Crippen LogP contribution >= 0.6 is 0 Å². The third-order valence-corrected chi connectivity index (χ3v) is 18.9. The molecule has 6 aromatic rings. The van der Waals surface area contributed by atoms with Crippen molar-refractivity contribution in [3.8, 4) is 0 Å². The van der Waals surface area contributed by atoms with Crippen molar-refractivity contribution in [1.82, 2.24) is 0 Å². The van der Waals surface area contributed by atoms with Crippen LogP contribution in [0.1, 0.15) is 142 Å². The van der Waals surface area contributed by atoms with Crippen LogP contribution < -0.4 is 25.4 Å². The summed E-state index contributed by atoms with van der Waals surface area (Å²) < 4.78 is 65.8. The molecule has 15 heteroatoms. The van der Waals surface area contributed by atoms with Gasteiger partial charge in [-0.1, -0.05) is 94.4 Å². The average molecular weight is 1050 g/mol. The van der Waals surface area contributed by atoms with Gasteiger partial charge in [0.25, 0.3) is 20.0 Å². The van der Waals surface area contributed by atoms with Gasteiger partial charge in [-0.15, -0.1) is 0 Å². The number of nitrogens with two attached hydrogens (primary N) is 1. The predicted molar refractivity (Wildman–Crippen MR) is 296 cm³/mol. The topological polar surface area (TPSA) is 194 Å². The molecule has 0 saturated carbocycles. The average Bonchev–Trinajstić information content (AvgIpc) is 3.92. The van der Waals surface area contributed by atoms with E-state index in [1.807, 2.05) is 100 Å². The summed E-state index contributed by atoms with van der Waals surface area (Å²) >= 11 is 0. The second-order valence-electron chi connectivity index (χ2n) is 20.9. The summed E-state index contributed by atoms with van der Waals surface area (Å²) in [7, 11) is -6.35. The summed E-state index contributed by atoms with van der Waals surface area (Å²) in [6, 6.07) is 37.7. The number of carbonyl (C=O) groups is 3. The minimum atomic E-state index is -3.96. The summed E-state index contributed by atoms with van der Waals surface area (Å²) in [5.41, 5.74) is 16.0. The smallest absolute Gasteiger partial charge is 0.264 e.